The van der Waals surface area contributed by atoms with Crippen LogP contribution in [0.1, 0.15) is 52.4 Å². The molecule has 0 fully saturated rings. The molecule has 0 saturated heterocycles. The van der Waals surface area contributed by atoms with Crippen molar-refractivity contribution in [2.24, 2.45) is 0 Å². The molecule has 18 heavy (non-hydrogen) atoms. The monoisotopic (exact) mass is 370 g/mol. The molecule has 0 radical (unpaired) electrons. The molecule has 0 bridgehead atoms. The average molecular weight is 370 g/mol. The van der Waals surface area contributed by atoms with Crippen LogP contribution in [0, 0.1) is 0 Å². The molecule has 0 aromatic heterocycles. The number of unbranched alkanes of at least 4 members (excludes halogenated alkanes) is 2. The summed E-state index contributed by atoms with van der Waals surface area (Å²) in [5, 5.41) is 0. The van der Waals surface area contributed by atoms with E-state index in [1.807, 2.05) is 0 Å². The second kappa shape index (κ2) is 10.4. The molecule has 1 atom stereocenters. The van der Waals surface area contributed by atoms with E-state index in [0.717, 1.165) is 3.92 Å². The van der Waals surface area contributed by atoms with Gasteiger partial charge in [-0.25, -0.2) is 0 Å². The molecule has 2 nitrogen and oxygen atoms in total. The van der Waals surface area contributed by atoms with Gasteiger partial charge in [0.05, 0.1) is 0 Å². The van der Waals surface area contributed by atoms with Crippen LogP contribution >= 0.6 is 0 Å². The van der Waals surface area contributed by atoms with Gasteiger partial charge in [0.1, 0.15) is 0 Å². The van der Waals surface area contributed by atoms with Gasteiger partial charge in [-0.2, -0.15) is 0 Å². The molecular formula is C15H35IN2. The SMILES string of the molecule is CCCCCC(CCC)[I-][N+](C)(C)CCN(C)C. The maximum atomic E-state index is 2.44. The fourth-order valence-corrected chi connectivity index (χ4v) is 6.28. The minimum absolute atomic E-state index is 0.267. The molecule has 0 aliphatic carbocycles. The second-order valence-electron chi connectivity index (χ2n) is 6.04. The fraction of sp³-hybridized carbons (Fsp3) is 1.00. The number of likely N-dealkylation sites (N-methyl/N-ethyl adjacent to an activating group) is 2. The van der Waals surface area contributed by atoms with Crippen LogP contribution in [0.4, 0.5) is 0 Å². The van der Waals surface area contributed by atoms with Crippen molar-refractivity contribution in [2.75, 3.05) is 41.3 Å². The number of halogens is 1. The Balaban J connectivity index is 4.09. The summed E-state index contributed by atoms with van der Waals surface area (Å²) in [6, 6.07) is 0. The first-order valence-corrected chi connectivity index (χ1v) is 9.75. The van der Waals surface area contributed by atoms with Crippen LogP contribution < -0.4 is 21.5 Å². The van der Waals surface area contributed by atoms with E-state index < -0.39 is 0 Å². The third-order valence-electron chi connectivity index (χ3n) is 3.20. The molecule has 1 unspecified atom stereocenters. The Kier molecular flexibility index (Phi) is 10.8. The van der Waals surface area contributed by atoms with Gasteiger partial charge < -0.3 is 0 Å². The zero-order valence-corrected chi connectivity index (χ0v) is 15.7. The molecule has 0 aliphatic rings. The Bertz CT molecular complexity index is 193. The molecule has 112 valence electrons. The topological polar surface area (TPSA) is 3.24 Å². The number of hydrogen-bond acceptors (Lipinski definition) is 1. The van der Waals surface area contributed by atoms with Crippen molar-refractivity contribution in [1.29, 1.82) is 0 Å². The number of hydrogen-bond donors (Lipinski definition) is 0. The summed E-state index contributed by atoms with van der Waals surface area (Å²) < 4.78 is 2.32. The van der Waals surface area contributed by atoms with E-state index in [1.54, 1.807) is 0 Å². The molecule has 0 spiro atoms. The number of rotatable bonds is 11. The van der Waals surface area contributed by atoms with Gasteiger partial charge in [0.15, 0.2) is 0 Å². The van der Waals surface area contributed by atoms with Crippen LogP contribution in [0.15, 0.2) is 0 Å². The van der Waals surface area contributed by atoms with Gasteiger partial charge in [-0.3, -0.25) is 0 Å². The Morgan fingerprint density at radius 2 is 1.67 bits per heavy atom. The molecule has 0 rings (SSSR count). The second-order valence-corrected chi connectivity index (χ2v) is 11.0. The third-order valence-corrected chi connectivity index (χ3v) is 7.23. The van der Waals surface area contributed by atoms with Crippen molar-refractivity contribution in [1.82, 2.24) is 4.90 Å². The predicted octanol–water partition coefficient (Wildman–Crippen LogP) is 0.377. The van der Waals surface area contributed by atoms with Crippen molar-refractivity contribution in [2.45, 2.75) is 56.3 Å². The molecule has 0 saturated carbocycles. The van der Waals surface area contributed by atoms with Gasteiger partial charge in [0.2, 0.25) is 0 Å². The first-order chi connectivity index (χ1) is 8.41. The van der Waals surface area contributed by atoms with Gasteiger partial charge in [0, 0.05) is 0 Å². The summed E-state index contributed by atoms with van der Waals surface area (Å²) in [4.78, 5) is 2.32. The van der Waals surface area contributed by atoms with E-state index in [-0.39, 0.29) is 21.5 Å². The molecule has 0 aromatic rings. The summed E-state index contributed by atoms with van der Waals surface area (Å²) in [6.07, 6.45) is 8.54. The Morgan fingerprint density at radius 1 is 1.00 bits per heavy atom. The first-order valence-electron chi connectivity index (χ1n) is 7.54. The van der Waals surface area contributed by atoms with Crippen molar-refractivity contribution in [3.63, 3.8) is 0 Å². The van der Waals surface area contributed by atoms with Gasteiger partial charge >= 0.3 is 127 Å². The molecule has 0 aliphatic heterocycles. The minimum atomic E-state index is 0.267. The molecular weight excluding hydrogens is 335 g/mol. The number of nitrogens with zero attached hydrogens (tertiary/aromatic N) is 2. The average Bonchev–Trinajstić information content (AvgIpc) is 2.27. The van der Waals surface area contributed by atoms with E-state index in [4.69, 9.17) is 0 Å². The molecule has 3 heteroatoms. The number of alkyl halides is 1. The fourth-order valence-electron chi connectivity index (χ4n) is 2.03. The normalized spacial score (nSPS) is 14.4. The van der Waals surface area contributed by atoms with Crippen molar-refractivity contribution < 1.29 is 24.2 Å². The van der Waals surface area contributed by atoms with Crippen LogP contribution in [-0.4, -0.2) is 52.8 Å². The summed E-state index contributed by atoms with van der Waals surface area (Å²) >= 11 is 0.267. The Hall–Kier alpha value is 0.650. The van der Waals surface area contributed by atoms with E-state index in [9.17, 15) is 0 Å². The van der Waals surface area contributed by atoms with Crippen LogP contribution in [0.25, 0.3) is 0 Å². The standard InChI is InChI=1S/C15H35IN2/c1-7-9-10-12-15(11-8-2)16-18(5,6)14-13-17(3)4/h15H,7-14H2,1-6H3. The predicted molar refractivity (Wildman–Crippen MR) is 78.4 cm³/mol. The third kappa shape index (κ3) is 10.6. The summed E-state index contributed by atoms with van der Waals surface area (Å²) in [5.74, 6) is 0. The van der Waals surface area contributed by atoms with Gasteiger partial charge in [-0.15, -0.1) is 0 Å². The molecule has 0 heterocycles. The van der Waals surface area contributed by atoms with Crippen LogP contribution in [0.2, 0.25) is 0 Å². The number of quaternary nitrogens is 1. The summed E-state index contributed by atoms with van der Waals surface area (Å²) in [5.41, 5.74) is 0. The maximum absolute atomic E-state index is 2.44. The van der Waals surface area contributed by atoms with Crippen LogP contribution in [-0.2, 0) is 0 Å². The Morgan fingerprint density at radius 3 is 2.17 bits per heavy atom. The molecule has 0 aromatic carbocycles. The zero-order valence-electron chi connectivity index (χ0n) is 13.5. The van der Waals surface area contributed by atoms with E-state index in [1.165, 1.54) is 54.3 Å². The summed E-state index contributed by atoms with van der Waals surface area (Å²) in [6.45, 7) is 7.19. The molecule has 0 N–H and O–H groups in total. The summed E-state index contributed by atoms with van der Waals surface area (Å²) in [7, 11) is 9.25. The van der Waals surface area contributed by atoms with Crippen molar-refractivity contribution >= 4 is 0 Å². The van der Waals surface area contributed by atoms with Gasteiger partial charge in [-0.05, 0) is 0 Å². The zero-order chi connectivity index (χ0) is 14.0. The van der Waals surface area contributed by atoms with Gasteiger partial charge in [0.25, 0.3) is 0 Å². The quantitative estimate of drug-likeness (QED) is 0.220. The van der Waals surface area contributed by atoms with Crippen LogP contribution in [0.3, 0.4) is 0 Å². The van der Waals surface area contributed by atoms with Gasteiger partial charge in [-0.1, -0.05) is 0 Å². The van der Waals surface area contributed by atoms with Crippen molar-refractivity contribution in [3.8, 4) is 0 Å². The first kappa shape index (κ1) is 18.7. The molecule has 0 amide bonds. The van der Waals surface area contributed by atoms with Crippen LogP contribution in [0.5, 0.6) is 0 Å². The van der Waals surface area contributed by atoms with Crippen molar-refractivity contribution in [3.05, 3.63) is 0 Å². The van der Waals surface area contributed by atoms with E-state index in [2.05, 4.69) is 46.9 Å². The Labute approximate surface area is 126 Å². The van der Waals surface area contributed by atoms with E-state index >= 15 is 0 Å². The van der Waals surface area contributed by atoms with E-state index in [0.29, 0.717) is 0 Å².